The molecule has 10 heteroatoms. The molecule has 0 aliphatic carbocycles. The smallest absolute Gasteiger partial charge is 0.293 e. The minimum absolute atomic E-state index is 0. The average Bonchev–Trinajstić information content (AvgIpc) is 2.46. The number of ether oxygens (including phenoxy) is 1. The van der Waals surface area contributed by atoms with Crippen molar-refractivity contribution in [1.29, 1.82) is 0 Å². The molecule has 0 saturated carbocycles. The van der Waals surface area contributed by atoms with Gasteiger partial charge in [0, 0.05) is 25.7 Å². The molecule has 1 fully saturated rings. The number of piperazine rings is 1. The molecule has 2 rings (SSSR count). The molecule has 0 bridgehead atoms. The monoisotopic (exact) mass is 351 g/mol. The number of sulfonamides is 1. The van der Waals surface area contributed by atoms with Gasteiger partial charge >= 0.3 is 0 Å². The Hall–Kier alpha value is -1.42. The first-order chi connectivity index (χ1) is 9.87. The summed E-state index contributed by atoms with van der Waals surface area (Å²) >= 11 is 0. The van der Waals surface area contributed by atoms with Crippen LogP contribution in [0.1, 0.15) is 6.92 Å². The topological polar surface area (TPSA) is 102 Å². The number of rotatable bonds is 4. The van der Waals surface area contributed by atoms with Crippen molar-refractivity contribution in [2.24, 2.45) is 0 Å². The second kappa shape index (κ2) is 7.23. The van der Waals surface area contributed by atoms with Gasteiger partial charge in [-0.2, -0.15) is 4.31 Å². The quantitative estimate of drug-likeness (QED) is 0.641. The van der Waals surface area contributed by atoms with Gasteiger partial charge in [0.2, 0.25) is 10.0 Å². The molecule has 1 unspecified atom stereocenters. The maximum absolute atomic E-state index is 12.7. The fourth-order valence-electron chi connectivity index (χ4n) is 2.29. The highest BCUT2D eigenvalue weighted by Gasteiger charge is 2.35. The Morgan fingerprint density at radius 2 is 2.14 bits per heavy atom. The highest BCUT2D eigenvalue weighted by molar-refractivity contribution is 7.89. The zero-order valence-corrected chi connectivity index (χ0v) is 13.8. The molecule has 8 nitrogen and oxygen atoms in total. The van der Waals surface area contributed by atoms with Crippen molar-refractivity contribution in [2.75, 3.05) is 26.7 Å². The lowest BCUT2D eigenvalue weighted by molar-refractivity contribution is -0.387. The van der Waals surface area contributed by atoms with E-state index in [9.17, 15) is 18.5 Å². The lowest BCUT2D eigenvalue weighted by Crippen LogP contribution is -2.52. The van der Waals surface area contributed by atoms with Gasteiger partial charge in [-0.25, -0.2) is 8.42 Å². The standard InChI is InChI=1S/C12H17N3O5S.ClH/c1-9-8-13-5-6-14(9)21(18,19)12-4-3-10(20-2)7-11(12)15(16)17;/h3-4,7,9,13H,5-6,8H2,1-2H3;1H. The second-order valence-corrected chi connectivity index (χ2v) is 6.62. The van der Waals surface area contributed by atoms with Gasteiger partial charge in [0.05, 0.1) is 18.1 Å². The molecule has 1 N–H and O–H groups in total. The molecule has 0 aromatic heterocycles. The van der Waals surface area contributed by atoms with Gasteiger partial charge < -0.3 is 10.1 Å². The van der Waals surface area contributed by atoms with E-state index in [1.165, 1.54) is 23.5 Å². The molecule has 1 atom stereocenters. The first-order valence-corrected chi connectivity index (χ1v) is 7.87. The molecule has 1 heterocycles. The van der Waals surface area contributed by atoms with E-state index in [0.29, 0.717) is 13.1 Å². The van der Waals surface area contributed by atoms with Crippen molar-refractivity contribution in [2.45, 2.75) is 17.9 Å². The van der Waals surface area contributed by atoms with Crippen LogP contribution in [-0.2, 0) is 10.0 Å². The Labute approximate surface area is 135 Å². The van der Waals surface area contributed by atoms with Crippen molar-refractivity contribution in [3.8, 4) is 5.75 Å². The molecule has 1 saturated heterocycles. The zero-order valence-electron chi connectivity index (χ0n) is 12.2. The molecule has 1 aliphatic heterocycles. The maximum Gasteiger partial charge on any atom is 0.293 e. The molecular weight excluding hydrogens is 334 g/mol. The van der Waals surface area contributed by atoms with Crippen molar-refractivity contribution >= 4 is 28.1 Å². The number of nitrogens with zero attached hydrogens (tertiary/aromatic N) is 2. The summed E-state index contributed by atoms with van der Waals surface area (Å²) in [6, 6.07) is 3.50. The van der Waals surface area contributed by atoms with E-state index in [-0.39, 0.29) is 35.6 Å². The minimum Gasteiger partial charge on any atom is -0.497 e. The number of nitro groups is 1. The van der Waals surface area contributed by atoms with Gasteiger partial charge in [0.25, 0.3) is 5.69 Å². The molecular formula is C12H18ClN3O5S. The van der Waals surface area contributed by atoms with Crippen LogP contribution < -0.4 is 10.1 Å². The van der Waals surface area contributed by atoms with Gasteiger partial charge in [-0.05, 0) is 19.1 Å². The third kappa shape index (κ3) is 3.49. The first-order valence-electron chi connectivity index (χ1n) is 6.43. The van der Waals surface area contributed by atoms with Crippen LogP contribution in [0.5, 0.6) is 5.75 Å². The van der Waals surface area contributed by atoms with Crippen LogP contribution in [-0.4, -0.2) is 50.4 Å². The number of methoxy groups -OCH3 is 1. The number of nitrogens with one attached hydrogen (secondary N) is 1. The number of benzene rings is 1. The third-order valence-electron chi connectivity index (χ3n) is 3.39. The Morgan fingerprint density at radius 1 is 1.45 bits per heavy atom. The summed E-state index contributed by atoms with van der Waals surface area (Å²) in [5.74, 6) is 0.244. The molecule has 0 spiro atoms. The summed E-state index contributed by atoms with van der Waals surface area (Å²) in [6.45, 7) is 3.09. The predicted molar refractivity (Wildman–Crippen MR) is 83.1 cm³/mol. The predicted octanol–water partition coefficient (Wildman–Crippen LogP) is 1.01. The van der Waals surface area contributed by atoms with Crippen molar-refractivity contribution < 1.29 is 18.1 Å². The highest BCUT2D eigenvalue weighted by Crippen LogP contribution is 2.31. The summed E-state index contributed by atoms with van der Waals surface area (Å²) in [4.78, 5) is 10.1. The van der Waals surface area contributed by atoms with E-state index in [1.807, 2.05) is 0 Å². The van der Waals surface area contributed by atoms with E-state index >= 15 is 0 Å². The van der Waals surface area contributed by atoms with Crippen LogP contribution in [0, 0.1) is 10.1 Å². The molecule has 1 aromatic carbocycles. The summed E-state index contributed by atoms with van der Waals surface area (Å²) in [7, 11) is -2.55. The first kappa shape index (κ1) is 18.6. The maximum atomic E-state index is 12.7. The van der Waals surface area contributed by atoms with E-state index in [4.69, 9.17) is 4.74 Å². The van der Waals surface area contributed by atoms with Crippen LogP contribution >= 0.6 is 12.4 Å². The summed E-state index contributed by atoms with van der Waals surface area (Å²) in [5.41, 5.74) is -0.472. The Kier molecular flexibility index (Phi) is 6.12. The number of hydrogen-bond donors (Lipinski definition) is 1. The van der Waals surface area contributed by atoms with Crippen LogP contribution in [0.15, 0.2) is 23.1 Å². The number of halogens is 1. The third-order valence-corrected chi connectivity index (χ3v) is 5.45. The van der Waals surface area contributed by atoms with E-state index in [2.05, 4.69) is 5.32 Å². The molecule has 1 aliphatic rings. The van der Waals surface area contributed by atoms with Gasteiger partial charge in [-0.15, -0.1) is 12.4 Å². The van der Waals surface area contributed by atoms with E-state index in [0.717, 1.165) is 6.07 Å². The molecule has 124 valence electrons. The Morgan fingerprint density at radius 3 is 2.68 bits per heavy atom. The van der Waals surface area contributed by atoms with Crippen LogP contribution in [0.25, 0.3) is 0 Å². The molecule has 0 radical (unpaired) electrons. The molecule has 1 aromatic rings. The van der Waals surface area contributed by atoms with Gasteiger partial charge in [0.1, 0.15) is 5.75 Å². The summed E-state index contributed by atoms with van der Waals surface area (Å²) in [5, 5.41) is 14.2. The SMILES string of the molecule is COc1ccc(S(=O)(=O)N2CCNCC2C)c([N+](=O)[O-])c1.Cl. The normalized spacial score (nSPS) is 19.3. The van der Waals surface area contributed by atoms with Crippen molar-refractivity contribution in [3.63, 3.8) is 0 Å². The fraction of sp³-hybridized carbons (Fsp3) is 0.500. The van der Waals surface area contributed by atoms with Crippen LogP contribution in [0.3, 0.4) is 0 Å². The largest absolute Gasteiger partial charge is 0.497 e. The summed E-state index contributed by atoms with van der Waals surface area (Å²) < 4.78 is 31.6. The van der Waals surface area contributed by atoms with Gasteiger partial charge in [0.15, 0.2) is 4.90 Å². The van der Waals surface area contributed by atoms with Crippen LogP contribution in [0.2, 0.25) is 0 Å². The highest BCUT2D eigenvalue weighted by atomic mass is 35.5. The van der Waals surface area contributed by atoms with E-state index < -0.39 is 20.6 Å². The zero-order chi connectivity index (χ0) is 15.6. The van der Waals surface area contributed by atoms with Gasteiger partial charge in [-0.1, -0.05) is 0 Å². The Balaban J connectivity index is 0.00000242. The second-order valence-electron chi connectivity index (χ2n) is 4.76. The lowest BCUT2D eigenvalue weighted by Gasteiger charge is -2.32. The fourth-order valence-corrected chi connectivity index (χ4v) is 4.06. The lowest BCUT2D eigenvalue weighted by atomic mass is 10.3. The number of hydrogen-bond acceptors (Lipinski definition) is 6. The van der Waals surface area contributed by atoms with Crippen LogP contribution in [0.4, 0.5) is 5.69 Å². The molecule has 0 amide bonds. The van der Waals surface area contributed by atoms with Crippen molar-refractivity contribution in [3.05, 3.63) is 28.3 Å². The number of nitro benzene ring substituents is 1. The average molecular weight is 352 g/mol. The van der Waals surface area contributed by atoms with E-state index in [1.54, 1.807) is 6.92 Å². The molecule has 22 heavy (non-hydrogen) atoms. The minimum atomic E-state index is -3.92. The van der Waals surface area contributed by atoms with Crippen molar-refractivity contribution in [1.82, 2.24) is 9.62 Å². The van der Waals surface area contributed by atoms with Gasteiger partial charge in [-0.3, -0.25) is 10.1 Å². The Bertz CT molecular complexity index is 652. The summed E-state index contributed by atoms with van der Waals surface area (Å²) in [6.07, 6.45) is 0.